The molecule has 1 aromatic heterocycles. The van der Waals surface area contributed by atoms with Gasteiger partial charge in [0.25, 0.3) is 0 Å². The highest BCUT2D eigenvalue weighted by Crippen LogP contribution is 2.37. The van der Waals surface area contributed by atoms with E-state index >= 15 is 0 Å². The molecule has 4 heteroatoms. The summed E-state index contributed by atoms with van der Waals surface area (Å²) in [5.74, 6) is 0.303. The fourth-order valence-electron chi connectivity index (χ4n) is 2.16. The lowest BCUT2D eigenvalue weighted by Gasteiger charge is -2.09. The van der Waals surface area contributed by atoms with Gasteiger partial charge in [0, 0.05) is 7.05 Å². The maximum atomic E-state index is 11.3. The molecule has 90 valence electrons. The summed E-state index contributed by atoms with van der Waals surface area (Å²) in [7, 11) is 1.68. The molecule has 1 fully saturated rings. The van der Waals surface area contributed by atoms with Gasteiger partial charge in [-0.1, -0.05) is 18.9 Å². The van der Waals surface area contributed by atoms with Gasteiger partial charge in [0.15, 0.2) is 5.58 Å². The Balaban J connectivity index is 1.97. The molecule has 4 nitrogen and oxygen atoms in total. The second kappa shape index (κ2) is 3.74. The Hall–Kier alpha value is -1.55. The zero-order valence-corrected chi connectivity index (χ0v) is 9.72. The Morgan fingerprint density at radius 1 is 1.53 bits per heavy atom. The van der Waals surface area contributed by atoms with Crippen LogP contribution in [0.25, 0.3) is 11.1 Å². The van der Waals surface area contributed by atoms with Gasteiger partial charge in [0.2, 0.25) is 0 Å². The van der Waals surface area contributed by atoms with Crippen LogP contribution in [-0.4, -0.2) is 9.67 Å². The van der Waals surface area contributed by atoms with Crippen LogP contribution in [-0.2, 0) is 7.05 Å². The quantitative estimate of drug-likeness (QED) is 0.881. The third-order valence-electron chi connectivity index (χ3n) is 3.45. The minimum atomic E-state index is -0.447. The van der Waals surface area contributed by atoms with E-state index in [0.717, 1.165) is 17.5 Å². The van der Waals surface area contributed by atoms with Crippen molar-refractivity contribution < 1.29 is 9.52 Å². The van der Waals surface area contributed by atoms with Crippen LogP contribution in [0.1, 0.15) is 30.9 Å². The molecule has 1 aromatic carbocycles. The minimum Gasteiger partial charge on any atom is -0.408 e. The summed E-state index contributed by atoms with van der Waals surface area (Å²) >= 11 is 0. The SMILES string of the molecule is Cn1c(=O)oc2cc(C(O)CC3CC3)ccc21. The molecule has 1 atom stereocenters. The van der Waals surface area contributed by atoms with Crippen molar-refractivity contribution in [2.24, 2.45) is 13.0 Å². The van der Waals surface area contributed by atoms with E-state index in [4.69, 9.17) is 4.42 Å². The fourth-order valence-corrected chi connectivity index (χ4v) is 2.16. The van der Waals surface area contributed by atoms with Crippen molar-refractivity contribution in [1.82, 2.24) is 4.57 Å². The summed E-state index contributed by atoms with van der Waals surface area (Å²) < 4.78 is 6.57. The Bertz CT molecular complexity index is 607. The molecule has 0 aliphatic heterocycles. The summed E-state index contributed by atoms with van der Waals surface area (Å²) in [6.07, 6.45) is 2.81. The number of rotatable bonds is 3. The molecule has 0 radical (unpaired) electrons. The Morgan fingerprint density at radius 2 is 2.29 bits per heavy atom. The van der Waals surface area contributed by atoms with E-state index in [2.05, 4.69) is 0 Å². The number of aliphatic hydroxyl groups is 1. The Labute approximate surface area is 98.5 Å². The lowest BCUT2D eigenvalue weighted by Crippen LogP contribution is -2.08. The zero-order valence-electron chi connectivity index (χ0n) is 9.72. The van der Waals surface area contributed by atoms with Gasteiger partial charge in [-0.2, -0.15) is 0 Å². The number of fused-ring (bicyclic) bond motifs is 1. The molecule has 2 aromatic rings. The van der Waals surface area contributed by atoms with E-state index in [0.29, 0.717) is 11.5 Å². The summed E-state index contributed by atoms with van der Waals surface area (Å²) in [5, 5.41) is 10.0. The molecule has 1 saturated carbocycles. The van der Waals surface area contributed by atoms with Crippen molar-refractivity contribution in [1.29, 1.82) is 0 Å². The van der Waals surface area contributed by atoms with Crippen molar-refractivity contribution in [2.75, 3.05) is 0 Å². The number of aryl methyl sites for hydroxylation is 1. The van der Waals surface area contributed by atoms with E-state index < -0.39 is 6.10 Å². The van der Waals surface area contributed by atoms with Crippen LogP contribution in [0, 0.1) is 5.92 Å². The number of aliphatic hydroxyl groups excluding tert-OH is 1. The third-order valence-corrected chi connectivity index (χ3v) is 3.45. The highest BCUT2D eigenvalue weighted by atomic mass is 16.4. The number of nitrogens with zero attached hydrogens (tertiary/aromatic N) is 1. The van der Waals surface area contributed by atoms with Gasteiger partial charge in [-0.05, 0) is 30.0 Å². The number of benzene rings is 1. The average molecular weight is 233 g/mol. The maximum Gasteiger partial charge on any atom is 0.419 e. The predicted molar refractivity (Wildman–Crippen MR) is 63.8 cm³/mol. The van der Waals surface area contributed by atoms with Crippen molar-refractivity contribution >= 4 is 11.1 Å². The Kier molecular flexibility index (Phi) is 2.33. The molecule has 0 amide bonds. The van der Waals surface area contributed by atoms with E-state index in [1.165, 1.54) is 17.4 Å². The van der Waals surface area contributed by atoms with E-state index in [-0.39, 0.29) is 5.76 Å². The first-order chi connectivity index (χ1) is 8.15. The third kappa shape index (κ3) is 1.89. The van der Waals surface area contributed by atoms with Gasteiger partial charge in [-0.3, -0.25) is 4.57 Å². The monoisotopic (exact) mass is 233 g/mol. The average Bonchev–Trinajstić information content (AvgIpc) is 3.07. The molecule has 1 aliphatic carbocycles. The molecule has 3 rings (SSSR count). The van der Waals surface area contributed by atoms with E-state index in [1.54, 1.807) is 13.1 Å². The van der Waals surface area contributed by atoms with Gasteiger partial charge in [0.05, 0.1) is 11.6 Å². The topological polar surface area (TPSA) is 55.4 Å². The number of hydrogen-bond acceptors (Lipinski definition) is 3. The predicted octanol–water partition coefficient (Wildman–Crippen LogP) is 1.96. The van der Waals surface area contributed by atoms with Gasteiger partial charge in [-0.15, -0.1) is 0 Å². The molecule has 1 unspecified atom stereocenters. The number of oxazole rings is 1. The molecule has 1 heterocycles. The van der Waals surface area contributed by atoms with Gasteiger partial charge in [0.1, 0.15) is 0 Å². The lowest BCUT2D eigenvalue weighted by molar-refractivity contribution is 0.160. The van der Waals surface area contributed by atoms with E-state index in [1.807, 2.05) is 12.1 Å². The summed E-state index contributed by atoms with van der Waals surface area (Å²) in [6, 6.07) is 5.46. The van der Waals surface area contributed by atoms with Crippen LogP contribution >= 0.6 is 0 Å². The first-order valence-corrected chi connectivity index (χ1v) is 5.92. The maximum absolute atomic E-state index is 11.3. The van der Waals surface area contributed by atoms with Crippen LogP contribution in [0.3, 0.4) is 0 Å². The minimum absolute atomic E-state index is 0.367. The number of hydrogen-bond donors (Lipinski definition) is 1. The molecule has 17 heavy (non-hydrogen) atoms. The van der Waals surface area contributed by atoms with E-state index in [9.17, 15) is 9.90 Å². The van der Waals surface area contributed by atoms with Crippen LogP contribution in [0.5, 0.6) is 0 Å². The first-order valence-electron chi connectivity index (χ1n) is 5.92. The highest BCUT2D eigenvalue weighted by molar-refractivity contribution is 5.73. The van der Waals surface area contributed by atoms with Crippen LogP contribution in [0.4, 0.5) is 0 Å². The molecule has 0 bridgehead atoms. The molecular formula is C13H15NO3. The van der Waals surface area contributed by atoms with Crippen LogP contribution < -0.4 is 5.76 Å². The second-order valence-electron chi connectivity index (χ2n) is 4.85. The van der Waals surface area contributed by atoms with Crippen molar-refractivity contribution in [3.8, 4) is 0 Å². The van der Waals surface area contributed by atoms with Crippen molar-refractivity contribution in [3.63, 3.8) is 0 Å². The van der Waals surface area contributed by atoms with Gasteiger partial charge in [-0.25, -0.2) is 4.79 Å². The molecule has 1 N–H and O–H groups in total. The zero-order chi connectivity index (χ0) is 12.0. The number of aromatic nitrogens is 1. The molecule has 0 spiro atoms. The van der Waals surface area contributed by atoms with Crippen molar-refractivity contribution in [3.05, 3.63) is 34.3 Å². The largest absolute Gasteiger partial charge is 0.419 e. The lowest BCUT2D eigenvalue weighted by atomic mass is 10.0. The second-order valence-corrected chi connectivity index (χ2v) is 4.85. The standard InChI is InChI=1S/C13H15NO3/c1-14-10-5-4-9(7-12(10)17-13(14)16)11(15)6-8-2-3-8/h4-5,7-8,11,15H,2-3,6H2,1H3. The Morgan fingerprint density at radius 3 is 3.00 bits per heavy atom. The molecular weight excluding hydrogens is 218 g/mol. The van der Waals surface area contributed by atoms with Gasteiger partial charge < -0.3 is 9.52 Å². The highest BCUT2D eigenvalue weighted by Gasteiger charge is 2.25. The van der Waals surface area contributed by atoms with Crippen molar-refractivity contribution in [2.45, 2.75) is 25.4 Å². The molecule has 1 aliphatic rings. The van der Waals surface area contributed by atoms with Gasteiger partial charge >= 0.3 is 5.76 Å². The fraction of sp³-hybridized carbons (Fsp3) is 0.462. The summed E-state index contributed by atoms with van der Waals surface area (Å²) in [6.45, 7) is 0. The molecule has 0 saturated heterocycles. The van der Waals surface area contributed by atoms with Crippen LogP contribution in [0.15, 0.2) is 27.4 Å². The smallest absolute Gasteiger partial charge is 0.408 e. The summed E-state index contributed by atoms with van der Waals surface area (Å²) in [4.78, 5) is 11.3. The summed E-state index contributed by atoms with van der Waals surface area (Å²) in [5.41, 5.74) is 2.14. The normalized spacial score (nSPS) is 17.5. The first kappa shape index (κ1) is 10.6. The van der Waals surface area contributed by atoms with Crippen LogP contribution in [0.2, 0.25) is 0 Å².